The van der Waals surface area contributed by atoms with E-state index in [2.05, 4.69) is 29.1 Å². The number of rotatable bonds is 7. The lowest BCUT2D eigenvalue weighted by molar-refractivity contribution is 0.562. The molecule has 1 unspecified atom stereocenters. The van der Waals surface area contributed by atoms with E-state index >= 15 is 0 Å². The first-order valence-corrected chi connectivity index (χ1v) is 6.74. The third-order valence-electron chi connectivity index (χ3n) is 2.86. The Balaban J connectivity index is 2.63. The molecule has 1 N–H and O–H groups in total. The number of aromatic nitrogens is 2. The zero-order chi connectivity index (χ0) is 12.7. The predicted octanol–water partition coefficient (Wildman–Crippen LogP) is 3.86. The van der Waals surface area contributed by atoms with E-state index in [4.69, 9.17) is 0 Å². The summed E-state index contributed by atoms with van der Waals surface area (Å²) in [5.41, 5.74) is 1.03. The topological polar surface area (TPSA) is 37.8 Å². The molecule has 1 aromatic heterocycles. The van der Waals surface area contributed by atoms with Crippen LogP contribution in [0.15, 0.2) is 6.07 Å². The van der Waals surface area contributed by atoms with Gasteiger partial charge in [-0.05, 0) is 26.7 Å². The number of unbranched alkanes of at least 4 members (excludes halogenated alkanes) is 1. The largest absolute Gasteiger partial charge is 0.367 e. The number of aryl methyl sites for hydroxylation is 2. The van der Waals surface area contributed by atoms with Gasteiger partial charge in [-0.25, -0.2) is 9.97 Å². The fraction of sp³-hybridized carbons (Fsp3) is 0.714. The lowest BCUT2D eigenvalue weighted by Gasteiger charge is -2.18. The Labute approximate surface area is 105 Å². The molecule has 17 heavy (non-hydrogen) atoms. The minimum atomic E-state index is 0.550. The van der Waals surface area contributed by atoms with Gasteiger partial charge in [0.25, 0.3) is 0 Å². The van der Waals surface area contributed by atoms with Gasteiger partial charge in [0.15, 0.2) is 0 Å². The van der Waals surface area contributed by atoms with E-state index in [1.54, 1.807) is 0 Å². The van der Waals surface area contributed by atoms with Crippen molar-refractivity contribution in [1.29, 1.82) is 0 Å². The van der Waals surface area contributed by atoms with Crippen LogP contribution < -0.4 is 5.32 Å². The second kappa shape index (κ2) is 7.25. The van der Waals surface area contributed by atoms with Gasteiger partial charge in [0.05, 0.1) is 0 Å². The van der Waals surface area contributed by atoms with Crippen molar-refractivity contribution >= 4 is 5.82 Å². The number of nitrogens with one attached hydrogen (secondary N) is 1. The maximum absolute atomic E-state index is 4.44. The Bertz CT molecular complexity index is 316. The van der Waals surface area contributed by atoms with Gasteiger partial charge in [0.2, 0.25) is 0 Å². The van der Waals surface area contributed by atoms with Crippen LogP contribution in [-0.4, -0.2) is 16.0 Å². The van der Waals surface area contributed by atoms with Crippen LogP contribution in [-0.2, 0) is 0 Å². The smallest absolute Gasteiger partial charge is 0.130 e. The molecule has 0 aliphatic rings. The summed E-state index contributed by atoms with van der Waals surface area (Å²) in [5, 5.41) is 3.55. The van der Waals surface area contributed by atoms with Crippen molar-refractivity contribution in [2.45, 2.75) is 65.8 Å². The summed E-state index contributed by atoms with van der Waals surface area (Å²) in [6, 6.07) is 2.58. The highest BCUT2D eigenvalue weighted by molar-refractivity contribution is 5.36. The first-order valence-electron chi connectivity index (χ1n) is 6.74. The molecule has 96 valence electrons. The quantitative estimate of drug-likeness (QED) is 0.779. The molecule has 1 aromatic rings. The van der Waals surface area contributed by atoms with Crippen molar-refractivity contribution in [2.75, 3.05) is 5.32 Å². The van der Waals surface area contributed by atoms with Crippen molar-refractivity contribution in [3.05, 3.63) is 17.6 Å². The van der Waals surface area contributed by atoms with Crippen LogP contribution in [0.5, 0.6) is 0 Å². The normalized spacial score (nSPS) is 12.5. The number of hydrogen-bond donors (Lipinski definition) is 1. The zero-order valence-corrected chi connectivity index (χ0v) is 11.6. The summed E-state index contributed by atoms with van der Waals surface area (Å²) < 4.78 is 0. The van der Waals surface area contributed by atoms with Crippen molar-refractivity contribution in [2.24, 2.45) is 0 Å². The van der Waals surface area contributed by atoms with Crippen LogP contribution in [0.3, 0.4) is 0 Å². The molecule has 0 spiro atoms. The highest BCUT2D eigenvalue weighted by Gasteiger charge is 2.08. The molecule has 0 radical (unpaired) electrons. The Morgan fingerprint density at radius 1 is 1.12 bits per heavy atom. The molecule has 0 saturated carbocycles. The maximum atomic E-state index is 4.44. The summed E-state index contributed by atoms with van der Waals surface area (Å²) in [4.78, 5) is 8.74. The Morgan fingerprint density at radius 2 is 1.88 bits per heavy atom. The second-order valence-corrected chi connectivity index (χ2v) is 4.71. The molecule has 3 nitrogen and oxygen atoms in total. The van der Waals surface area contributed by atoms with Crippen LogP contribution in [0.4, 0.5) is 5.82 Å². The lowest BCUT2D eigenvalue weighted by Crippen LogP contribution is -2.20. The first-order chi connectivity index (χ1) is 8.15. The Hall–Kier alpha value is -1.12. The van der Waals surface area contributed by atoms with E-state index in [0.29, 0.717) is 6.04 Å². The second-order valence-electron chi connectivity index (χ2n) is 4.71. The third-order valence-corrected chi connectivity index (χ3v) is 2.86. The van der Waals surface area contributed by atoms with Gasteiger partial charge in [0, 0.05) is 17.8 Å². The highest BCUT2D eigenvalue weighted by atomic mass is 15.0. The van der Waals surface area contributed by atoms with E-state index in [1.807, 2.05) is 19.9 Å². The van der Waals surface area contributed by atoms with Gasteiger partial charge in [-0.3, -0.25) is 0 Å². The highest BCUT2D eigenvalue weighted by Crippen LogP contribution is 2.14. The molecule has 0 aliphatic carbocycles. The van der Waals surface area contributed by atoms with Gasteiger partial charge >= 0.3 is 0 Å². The summed E-state index contributed by atoms with van der Waals surface area (Å²) in [6.07, 6.45) is 6.18. The molecular weight excluding hydrogens is 210 g/mol. The summed E-state index contributed by atoms with van der Waals surface area (Å²) >= 11 is 0. The van der Waals surface area contributed by atoms with Gasteiger partial charge < -0.3 is 5.32 Å². The molecule has 0 aliphatic heterocycles. The fourth-order valence-electron chi connectivity index (χ4n) is 2.09. The predicted molar refractivity (Wildman–Crippen MR) is 73.3 cm³/mol. The molecule has 0 bridgehead atoms. The van der Waals surface area contributed by atoms with Crippen molar-refractivity contribution in [3.8, 4) is 0 Å². The average molecular weight is 235 g/mol. The molecule has 1 heterocycles. The van der Waals surface area contributed by atoms with Crippen molar-refractivity contribution in [1.82, 2.24) is 9.97 Å². The number of nitrogens with zero attached hydrogens (tertiary/aromatic N) is 2. The van der Waals surface area contributed by atoms with Crippen LogP contribution in [0.1, 0.15) is 57.5 Å². The monoisotopic (exact) mass is 235 g/mol. The van der Waals surface area contributed by atoms with Crippen molar-refractivity contribution in [3.63, 3.8) is 0 Å². The molecule has 0 amide bonds. The van der Waals surface area contributed by atoms with E-state index in [0.717, 1.165) is 17.3 Å². The standard InChI is InChI=1S/C14H25N3/c1-5-7-9-13(8-6-2)17-14-10-11(3)15-12(4)16-14/h10,13H,5-9H2,1-4H3,(H,15,16,17). The lowest BCUT2D eigenvalue weighted by atomic mass is 10.1. The van der Waals surface area contributed by atoms with Crippen LogP contribution in [0, 0.1) is 13.8 Å². The number of hydrogen-bond acceptors (Lipinski definition) is 3. The van der Waals surface area contributed by atoms with Gasteiger partial charge in [-0.15, -0.1) is 0 Å². The molecule has 1 rings (SSSR count). The molecule has 0 aromatic carbocycles. The first kappa shape index (κ1) is 13.9. The van der Waals surface area contributed by atoms with Gasteiger partial charge in [-0.1, -0.05) is 33.1 Å². The summed E-state index contributed by atoms with van der Waals surface area (Å²) in [6.45, 7) is 8.43. The van der Waals surface area contributed by atoms with Gasteiger partial charge in [0.1, 0.15) is 11.6 Å². The minimum Gasteiger partial charge on any atom is -0.367 e. The fourth-order valence-corrected chi connectivity index (χ4v) is 2.09. The van der Waals surface area contributed by atoms with Crippen LogP contribution in [0.25, 0.3) is 0 Å². The summed E-state index contributed by atoms with van der Waals surface area (Å²) in [7, 11) is 0. The maximum Gasteiger partial charge on any atom is 0.130 e. The molecular formula is C14H25N3. The van der Waals surface area contributed by atoms with Gasteiger partial charge in [-0.2, -0.15) is 0 Å². The molecule has 1 atom stereocenters. The van der Waals surface area contributed by atoms with E-state index in [-0.39, 0.29) is 0 Å². The molecule has 3 heteroatoms. The molecule has 0 fully saturated rings. The minimum absolute atomic E-state index is 0.550. The Morgan fingerprint density at radius 3 is 2.47 bits per heavy atom. The van der Waals surface area contributed by atoms with Crippen LogP contribution in [0.2, 0.25) is 0 Å². The van der Waals surface area contributed by atoms with Crippen molar-refractivity contribution < 1.29 is 0 Å². The SMILES string of the molecule is CCCCC(CCC)Nc1cc(C)nc(C)n1. The average Bonchev–Trinajstić information content (AvgIpc) is 2.24. The number of anilines is 1. The molecule has 0 saturated heterocycles. The van der Waals surface area contributed by atoms with E-state index in [9.17, 15) is 0 Å². The zero-order valence-electron chi connectivity index (χ0n) is 11.6. The van der Waals surface area contributed by atoms with Crippen LogP contribution >= 0.6 is 0 Å². The van der Waals surface area contributed by atoms with E-state index in [1.165, 1.54) is 32.1 Å². The Kier molecular flexibility index (Phi) is 5.95. The third kappa shape index (κ3) is 5.16. The van der Waals surface area contributed by atoms with E-state index < -0.39 is 0 Å². The summed E-state index contributed by atoms with van der Waals surface area (Å²) in [5.74, 6) is 1.82.